The molecule has 0 spiro atoms. The molecule has 2 N–H and O–H groups in total. The number of fused-ring (bicyclic) bond motifs is 1. The summed E-state index contributed by atoms with van der Waals surface area (Å²) >= 11 is 0. The van der Waals surface area contributed by atoms with Crippen LogP contribution in [0.15, 0.2) is 43.1 Å². The molecule has 0 unspecified atom stereocenters. The van der Waals surface area contributed by atoms with Crippen molar-refractivity contribution in [3.8, 4) is 5.75 Å². The van der Waals surface area contributed by atoms with Gasteiger partial charge < -0.3 is 15.1 Å². The highest BCUT2D eigenvalue weighted by molar-refractivity contribution is 5.93. The van der Waals surface area contributed by atoms with Crippen LogP contribution in [-0.4, -0.2) is 34.9 Å². The van der Waals surface area contributed by atoms with Crippen LogP contribution in [0, 0.1) is 0 Å². The standard InChI is InChI=1S/C14H16N2O2/c1-2-7-16(8-9-17)14-13-10-12(18)4-3-11(13)5-6-15-14/h2-6,10,17-18H,1,7-9H2. The number of aromatic hydroxyl groups is 1. The second-order valence-electron chi connectivity index (χ2n) is 4.00. The van der Waals surface area contributed by atoms with E-state index in [2.05, 4.69) is 11.6 Å². The number of hydrogen-bond donors (Lipinski definition) is 2. The smallest absolute Gasteiger partial charge is 0.136 e. The highest BCUT2D eigenvalue weighted by atomic mass is 16.3. The van der Waals surface area contributed by atoms with E-state index in [-0.39, 0.29) is 12.4 Å². The first-order valence-corrected chi connectivity index (χ1v) is 5.80. The lowest BCUT2D eigenvalue weighted by Gasteiger charge is -2.22. The zero-order valence-corrected chi connectivity index (χ0v) is 10.1. The predicted octanol–water partition coefficient (Wildman–Crippen LogP) is 1.93. The van der Waals surface area contributed by atoms with E-state index in [0.717, 1.165) is 16.6 Å². The molecule has 0 saturated heterocycles. The Labute approximate surface area is 106 Å². The Kier molecular flexibility index (Phi) is 3.79. The molecule has 1 heterocycles. The fourth-order valence-corrected chi connectivity index (χ4v) is 1.95. The molecule has 0 aliphatic rings. The molecule has 0 amide bonds. The first-order chi connectivity index (χ1) is 8.76. The topological polar surface area (TPSA) is 56.6 Å². The highest BCUT2D eigenvalue weighted by Crippen LogP contribution is 2.27. The molecule has 1 aromatic heterocycles. The summed E-state index contributed by atoms with van der Waals surface area (Å²) in [7, 11) is 0. The summed E-state index contributed by atoms with van der Waals surface area (Å²) in [5, 5.41) is 20.6. The summed E-state index contributed by atoms with van der Waals surface area (Å²) in [6, 6.07) is 7.07. The second-order valence-corrected chi connectivity index (χ2v) is 4.00. The van der Waals surface area contributed by atoms with Gasteiger partial charge in [0, 0.05) is 24.7 Å². The molecule has 2 aromatic rings. The second kappa shape index (κ2) is 5.51. The van der Waals surface area contributed by atoms with Crippen molar-refractivity contribution >= 4 is 16.6 Å². The molecule has 0 atom stereocenters. The molecule has 0 bridgehead atoms. The van der Waals surface area contributed by atoms with Crippen LogP contribution >= 0.6 is 0 Å². The highest BCUT2D eigenvalue weighted by Gasteiger charge is 2.10. The molecule has 1 aromatic carbocycles. The molecule has 2 rings (SSSR count). The Bertz CT molecular complexity index is 554. The van der Waals surface area contributed by atoms with Gasteiger partial charge in [0.05, 0.1) is 6.61 Å². The molecule has 4 heteroatoms. The number of hydrogen-bond acceptors (Lipinski definition) is 4. The van der Waals surface area contributed by atoms with E-state index in [4.69, 9.17) is 5.11 Å². The van der Waals surface area contributed by atoms with Crippen molar-refractivity contribution in [1.82, 2.24) is 4.98 Å². The van der Waals surface area contributed by atoms with Crippen molar-refractivity contribution in [2.75, 3.05) is 24.6 Å². The van der Waals surface area contributed by atoms with E-state index in [9.17, 15) is 5.11 Å². The van der Waals surface area contributed by atoms with Gasteiger partial charge in [-0.15, -0.1) is 6.58 Å². The average molecular weight is 244 g/mol. The molecular formula is C14H16N2O2. The van der Waals surface area contributed by atoms with Crippen LogP contribution in [0.2, 0.25) is 0 Å². The Hall–Kier alpha value is -2.07. The van der Waals surface area contributed by atoms with Crippen LogP contribution in [0.3, 0.4) is 0 Å². The Balaban J connectivity index is 2.53. The minimum atomic E-state index is 0.0464. The maximum Gasteiger partial charge on any atom is 0.136 e. The molecule has 18 heavy (non-hydrogen) atoms. The summed E-state index contributed by atoms with van der Waals surface area (Å²) in [4.78, 5) is 6.27. The molecule has 0 aliphatic carbocycles. The van der Waals surface area contributed by atoms with Gasteiger partial charge in [0.15, 0.2) is 0 Å². The van der Waals surface area contributed by atoms with Gasteiger partial charge in [0.2, 0.25) is 0 Å². The number of aliphatic hydroxyl groups excluding tert-OH is 1. The lowest BCUT2D eigenvalue weighted by molar-refractivity contribution is 0.303. The number of nitrogens with zero attached hydrogens (tertiary/aromatic N) is 2. The Morgan fingerprint density at radius 1 is 1.33 bits per heavy atom. The van der Waals surface area contributed by atoms with E-state index < -0.39 is 0 Å². The summed E-state index contributed by atoms with van der Waals surface area (Å²) in [6.07, 6.45) is 3.49. The monoisotopic (exact) mass is 244 g/mol. The zero-order chi connectivity index (χ0) is 13.0. The van der Waals surface area contributed by atoms with Crippen LogP contribution < -0.4 is 4.90 Å². The van der Waals surface area contributed by atoms with Crippen molar-refractivity contribution in [2.24, 2.45) is 0 Å². The number of aromatic nitrogens is 1. The van der Waals surface area contributed by atoms with Gasteiger partial charge >= 0.3 is 0 Å². The summed E-state index contributed by atoms with van der Waals surface area (Å²) < 4.78 is 0. The van der Waals surface area contributed by atoms with Crippen LogP contribution in [-0.2, 0) is 0 Å². The summed E-state index contributed by atoms with van der Waals surface area (Å²) in [6.45, 7) is 4.83. The van der Waals surface area contributed by atoms with E-state index >= 15 is 0 Å². The third kappa shape index (κ3) is 2.43. The molecule has 0 radical (unpaired) electrons. The van der Waals surface area contributed by atoms with E-state index in [1.54, 1.807) is 24.4 Å². The van der Waals surface area contributed by atoms with Crippen molar-refractivity contribution < 1.29 is 10.2 Å². The van der Waals surface area contributed by atoms with Gasteiger partial charge in [-0.3, -0.25) is 0 Å². The fraction of sp³-hybridized carbons (Fsp3) is 0.214. The zero-order valence-electron chi connectivity index (χ0n) is 10.1. The van der Waals surface area contributed by atoms with Crippen molar-refractivity contribution in [1.29, 1.82) is 0 Å². The van der Waals surface area contributed by atoms with Crippen LogP contribution in [0.5, 0.6) is 5.75 Å². The lowest BCUT2D eigenvalue weighted by Crippen LogP contribution is -2.27. The number of anilines is 1. The van der Waals surface area contributed by atoms with E-state index in [1.165, 1.54) is 0 Å². The minimum absolute atomic E-state index is 0.0464. The van der Waals surface area contributed by atoms with Crippen LogP contribution in [0.25, 0.3) is 10.8 Å². The number of rotatable bonds is 5. The molecule has 0 saturated carbocycles. The molecule has 4 nitrogen and oxygen atoms in total. The van der Waals surface area contributed by atoms with Crippen molar-refractivity contribution in [3.05, 3.63) is 43.1 Å². The predicted molar refractivity (Wildman–Crippen MR) is 72.9 cm³/mol. The van der Waals surface area contributed by atoms with E-state index in [1.807, 2.05) is 17.0 Å². The first-order valence-electron chi connectivity index (χ1n) is 5.80. The van der Waals surface area contributed by atoms with E-state index in [0.29, 0.717) is 13.1 Å². The van der Waals surface area contributed by atoms with Gasteiger partial charge in [0.25, 0.3) is 0 Å². The quantitative estimate of drug-likeness (QED) is 0.789. The lowest BCUT2D eigenvalue weighted by atomic mass is 10.1. The number of benzene rings is 1. The van der Waals surface area contributed by atoms with Gasteiger partial charge in [-0.25, -0.2) is 4.98 Å². The fourth-order valence-electron chi connectivity index (χ4n) is 1.95. The first kappa shape index (κ1) is 12.4. The average Bonchev–Trinajstić information content (AvgIpc) is 2.38. The third-order valence-corrected chi connectivity index (χ3v) is 2.75. The van der Waals surface area contributed by atoms with Crippen molar-refractivity contribution in [2.45, 2.75) is 0 Å². The molecular weight excluding hydrogens is 228 g/mol. The Morgan fingerprint density at radius 3 is 2.89 bits per heavy atom. The summed E-state index contributed by atoms with van der Waals surface area (Å²) in [5.74, 6) is 0.955. The van der Waals surface area contributed by atoms with Crippen molar-refractivity contribution in [3.63, 3.8) is 0 Å². The maximum absolute atomic E-state index is 9.58. The Morgan fingerprint density at radius 2 is 2.17 bits per heavy atom. The minimum Gasteiger partial charge on any atom is -0.508 e. The van der Waals surface area contributed by atoms with Gasteiger partial charge in [-0.2, -0.15) is 0 Å². The number of aliphatic hydroxyl groups is 1. The SMILES string of the molecule is C=CCN(CCO)c1nccc2ccc(O)cc12. The van der Waals surface area contributed by atoms with Gasteiger partial charge in [0.1, 0.15) is 11.6 Å². The maximum atomic E-state index is 9.58. The summed E-state index contributed by atoms with van der Waals surface area (Å²) in [5.41, 5.74) is 0. The number of pyridine rings is 1. The molecule has 0 aliphatic heterocycles. The van der Waals surface area contributed by atoms with Gasteiger partial charge in [-0.05, 0) is 23.6 Å². The third-order valence-electron chi connectivity index (χ3n) is 2.75. The normalized spacial score (nSPS) is 10.5. The largest absolute Gasteiger partial charge is 0.508 e. The molecule has 94 valence electrons. The van der Waals surface area contributed by atoms with Gasteiger partial charge in [-0.1, -0.05) is 12.1 Å². The number of phenolic OH excluding ortho intramolecular Hbond substituents is 1. The molecule has 0 fully saturated rings. The number of phenols is 1. The van der Waals surface area contributed by atoms with Crippen LogP contribution in [0.4, 0.5) is 5.82 Å². The van der Waals surface area contributed by atoms with Crippen LogP contribution in [0.1, 0.15) is 0 Å².